The number of aryl methyl sites for hydroxylation is 2. The van der Waals surface area contributed by atoms with Crippen LogP contribution in [-0.4, -0.2) is 39.5 Å². The zero-order valence-corrected chi connectivity index (χ0v) is 19.7. The highest BCUT2D eigenvalue weighted by Gasteiger charge is 2.22. The van der Waals surface area contributed by atoms with E-state index in [0.29, 0.717) is 0 Å². The number of thioether (sulfide) groups is 1. The van der Waals surface area contributed by atoms with Gasteiger partial charge in [-0.3, -0.25) is 9.36 Å². The lowest BCUT2D eigenvalue weighted by atomic mass is 10.0. The number of aromatic nitrogens is 3. The molecule has 0 unspecified atom stereocenters. The largest absolute Gasteiger partial charge is 0.341 e. The van der Waals surface area contributed by atoms with Crippen LogP contribution >= 0.6 is 11.8 Å². The first-order valence-corrected chi connectivity index (χ1v) is 12.5. The summed E-state index contributed by atoms with van der Waals surface area (Å²) in [6.07, 6.45) is 5.37. The number of nitrogens with one attached hydrogen (secondary N) is 1. The zero-order valence-electron chi connectivity index (χ0n) is 18.9. The highest BCUT2D eigenvalue weighted by molar-refractivity contribution is 7.99. The lowest BCUT2D eigenvalue weighted by molar-refractivity contribution is -0.113. The Morgan fingerprint density at radius 2 is 1.62 bits per heavy atom. The zero-order chi connectivity index (χ0) is 22.3. The van der Waals surface area contributed by atoms with Gasteiger partial charge in [0.15, 0.2) is 5.16 Å². The molecule has 1 aliphatic heterocycles. The molecule has 0 atom stereocenters. The second-order valence-electron chi connectivity index (χ2n) is 8.00. The first-order chi connectivity index (χ1) is 15.7. The van der Waals surface area contributed by atoms with Crippen molar-refractivity contribution in [3.05, 3.63) is 59.7 Å². The Kier molecular flexibility index (Phi) is 7.47. The van der Waals surface area contributed by atoms with Crippen molar-refractivity contribution in [1.82, 2.24) is 14.8 Å². The summed E-state index contributed by atoms with van der Waals surface area (Å²) in [6, 6.07) is 16.4. The lowest BCUT2D eigenvalue weighted by Crippen LogP contribution is -2.31. The highest BCUT2D eigenvalue weighted by atomic mass is 32.2. The van der Waals surface area contributed by atoms with E-state index in [-0.39, 0.29) is 11.7 Å². The van der Waals surface area contributed by atoms with E-state index < -0.39 is 0 Å². The number of benzene rings is 2. The van der Waals surface area contributed by atoms with Crippen molar-refractivity contribution in [3.63, 3.8) is 0 Å². The minimum Gasteiger partial charge on any atom is -0.341 e. The van der Waals surface area contributed by atoms with Crippen LogP contribution in [0, 0.1) is 0 Å². The van der Waals surface area contributed by atoms with E-state index in [4.69, 9.17) is 0 Å². The van der Waals surface area contributed by atoms with Crippen molar-refractivity contribution in [2.24, 2.45) is 0 Å². The summed E-state index contributed by atoms with van der Waals surface area (Å²) >= 11 is 1.43. The lowest BCUT2D eigenvalue weighted by Gasteiger charge is -2.27. The fourth-order valence-electron chi connectivity index (χ4n) is 4.17. The third-order valence-corrected chi connectivity index (χ3v) is 6.79. The Morgan fingerprint density at radius 1 is 0.938 bits per heavy atom. The van der Waals surface area contributed by atoms with Gasteiger partial charge >= 0.3 is 0 Å². The Labute approximate surface area is 194 Å². The van der Waals surface area contributed by atoms with Crippen molar-refractivity contribution in [2.45, 2.75) is 51.1 Å². The van der Waals surface area contributed by atoms with E-state index in [1.165, 1.54) is 42.2 Å². The van der Waals surface area contributed by atoms with Crippen molar-refractivity contribution >= 4 is 29.3 Å². The SMILES string of the molecule is CCc1cccc(CC)c1NC(=O)CSc1nnc(N2CCCCC2)n1-c1ccccc1. The number of para-hydroxylation sites is 2. The van der Waals surface area contributed by atoms with Gasteiger partial charge in [-0.15, -0.1) is 10.2 Å². The summed E-state index contributed by atoms with van der Waals surface area (Å²) in [5.74, 6) is 1.13. The Balaban J connectivity index is 1.54. The third kappa shape index (κ3) is 4.99. The normalized spacial score (nSPS) is 13.9. The molecule has 3 aromatic rings. The van der Waals surface area contributed by atoms with Crippen molar-refractivity contribution < 1.29 is 4.79 Å². The molecule has 168 valence electrons. The average Bonchev–Trinajstić information content (AvgIpc) is 3.28. The summed E-state index contributed by atoms with van der Waals surface area (Å²) in [5.41, 5.74) is 4.32. The second kappa shape index (κ2) is 10.7. The summed E-state index contributed by atoms with van der Waals surface area (Å²) in [5, 5.41) is 12.9. The van der Waals surface area contributed by atoms with Gasteiger partial charge in [-0.05, 0) is 55.4 Å². The van der Waals surface area contributed by atoms with Gasteiger partial charge in [-0.1, -0.05) is 62.0 Å². The molecule has 6 nitrogen and oxygen atoms in total. The molecule has 1 N–H and O–H groups in total. The van der Waals surface area contributed by atoms with Gasteiger partial charge in [-0.2, -0.15) is 0 Å². The molecular weight excluding hydrogens is 418 g/mol. The van der Waals surface area contributed by atoms with E-state index in [9.17, 15) is 4.79 Å². The molecule has 0 saturated carbocycles. The molecule has 0 spiro atoms. The third-order valence-electron chi connectivity index (χ3n) is 5.87. The van der Waals surface area contributed by atoms with Crippen LogP contribution in [0.5, 0.6) is 0 Å². The predicted octanol–water partition coefficient (Wildman–Crippen LogP) is 5.11. The van der Waals surface area contributed by atoms with Crippen LogP contribution in [0.1, 0.15) is 44.2 Å². The van der Waals surface area contributed by atoms with E-state index in [1.54, 1.807) is 0 Å². The molecular formula is C25H31N5OS. The molecule has 2 aromatic carbocycles. The quantitative estimate of drug-likeness (QED) is 0.484. The summed E-state index contributed by atoms with van der Waals surface area (Å²) in [6.45, 7) is 6.21. The van der Waals surface area contributed by atoms with Gasteiger partial charge in [0, 0.05) is 18.8 Å². The van der Waals surface area contributed by atoms with Crippen molar-refractivity contribution in [2.75, 3.05) is 29.1 Å². The number of hydrogen-bond donors (Lipinski definition) is 1. The van der Waals surface area contributed by atoms with Crippen LogP contribution in [0.2, 0.25) is 0 Å². The minimum atomic E-state index is -0.0206. The number of piperidine rings is 1. The molecule has 4 rings (SSSR count). The molecule has 32 heavy (non-hydrogen) atoms. The average molecular weight is 450 g/mol. The van der Waals surface area contributed by atoms with E-state index in [1.807, 2.05) is 18.2 Å². The number of hydrogen-bond acceptors (Lipinski definition) is 5. The molecule has 1 aliphatic rings. The Bertz CT molecular complexity index is 1020. The molecule has 7 heteroatoms. The van der Waals surface area contributed by atoms with E-state index in [0.717, 1.165) is 48.4 Å². The maximum Gasteiger partial charge on any atom is 0.234 e. The van der Waals surface area contributed by atoms with Crippen LogP contribution in [0.25, 0.3) is 5.69 Å². The fraction of sp³-hybridized carbons (Fsp3) is 0.400. The summed E-state index contributed by atoms with van der Waals surface area (Å²) < 4.78 is 2.08. The van der Waals surface area contributed by atoms with Crippen LogP contribution in [0.4, 0.5) is 11.6 Å². The van der Waals surface area contributed by atoms with Gasteiger partial charge in [0.2, 0.25) is 11.9 Å². The highest BCUT2D eigenvalue weighted by Crippen LogP contribution is 2.29. The number of nitrogens with zero attached hydrogens (tertiary/aromatic N) is 4. The van der Waals surface area contributed by atoms with Crippen LogP contribution in [0.15, 0.2) is 53.7 Å². The van der Waals surface area contributed by atoms with Gasteiger partial charge in [-0.25, -0.2) is 0 Å². The van der Waals surface area contributed by atoms with Gasteiger partial charge < -0.3 is 10.2 Å². The number of rotatable bonds is 8. The fourth-order valence-corrected chi connectivity index (χ4v) is 4.91. The molecule has 2 heterocycles. The second-order valence-corrected chi connectivity index (χ2v) is 8.94. The first-order valence-electron chi connectivity index (χ1n) is 11.5. The van der Waals surface area contributed by atoms with Crippen molar-refractivity contribution in [1.29, 1.82) is 0 Å². The first kappa shape index (κ1) is 22.4. The molecule has 1 saturated heterocycles. The summed E-state index contributed by atoms with van der Waals surface area (Å²) in [4.78, 5) is 15.2. The van der Waals surface area contributed by atoms with Crippen molar-refractivity contribution in [3.8, 4) is 5.69 Å². The maximum absolute atomic E-state index is 12.9. The molecule has 1 aromatic heterocycles. The van der Waals surface area contributed by atoms with E-state index >= 15 is 0 Å². The monoisotopic (exact) mass is 449 g/mol. The van der Waals surface area contributed by atoms with E-state index in [2.05, 4.69) is 69.2 Å². The summed E-state index contributed by atoms with van der Waals surface area (Å²) in [7, 11) is 0. The van der Waals surface area contributed by atoms with Gasteiger partial charge in [0.1, 0.15) is 0 Å². The number of carbonyl (C=O) groups is 1. The van der Waals surface area contributed by atoms with Crippen LogP contribution in [0.3, 0.4) is 0 Å². The molecule has 1 amide bonds. The predicted molar refractivity (Wildman–Crippen MR) is 132 cm³/mol. The number of anilines is 2. The molecule has 0 aliphatic carbocycles. The number of amides is 1. The van der Waals surface area contributed by atoms with Gasteiger partial charge in [0.05, 0.1) is 11.4 Å². The molecule has 0 bridgehead atoms. The molecule has 1 fully saturated rings. The van der Waals surface area contributed by atoms with Crippen LogP contribution in [-0.2, 0) is 17.6 Å². The Hall–Kier alpha value is -2.80. The Morgan fingerprint density at radius 3 is 2.28 bits per heavy atom. The van der Waals surface area contributed by atoms with Crippen LogP contribution < -0.4 is 10.2 Å². The minimum absolute atomic E-state index is 0.0206. The maximum atomic E-state index is 12.9. The standard InChI is InChI=1S/C25H31N5OS/c1-3-19-12-11-13-20(4-2)23(19)26-22(31)18-32-25-28-27-24(29-16-9-6-10-17-29)30(25)21-14-7-5-8-15-21/h5,7-8,11-15H,3-4,6,9-10,16-18H2,1-2H3,(H,26,31). The van der Waals surface area contributed by atoms with Gasteiger partial charge in [0.25, 0.3) is 0 Å². The number of carbonyl (C=O) groups excluding carboxylic acids is 1. The topological polar surface area (TPSA) is 63.1 Å². The smallest absolute Gasteiger partial charge is 0.234 e. The molecule has 0 radical (unpaired) electrons.